The maximum atomic E-state index is 6.97. The zero-order valence-electron chi connectivity index (χ0n) is 21.6. The maximum Gasteiger partial charge on any atom is 0.147 e. The van der Waals surface area contributed by atoms with E-state index in [1.54, 1.807) is 6.33 Å². The van der Waals surface area contributed by atoms with E-state index in [0.29, 0.717) is 27.5 Å². The zero-order chi connectivity index (χ0) is 23.6. The van der Waals surface area contributed by atoms with Crippen LogP contribution in [0.5, 0.6) is 0 Å². The van der Waals surface area contributed by atoms with Gasteiger partial charge in [-0.1, -0.05) is 67.7 Å². The van der Waals surface area contributed by atoms with Gasteiger partial charge in [-0.15, -0.1) is 0 Å². The molecule has 2 aromatic heterocycles. The molecule has 0 bridgehead atoms. The number of nitrogens with two attached hydrogens (primary N) is 1. The van der Waals surface area contributed by atoms with Crippen molar-refractivity contribution in [3.8, 4) is 0 Å². The van der Waals surface area contributed by atoms with Gasteiger partial charge in [-0.2, -0.15) is 0 Å². The van der Waals surface area contributed by atoms with Crippen molar-refractivity contribution in [3.63, 3.8) is 0 Å². The highest BCUT2D eigenvalue weighted by Gasteiger charge is 2.53. The van der Waals surface area contributed by atoms with Gasteiger partial charge in [0, 0.05) is 6.20 Å². The van der Waals surface area contributed by atoms with Crippen LogP contribution in [0.1, 0.15) is 59.8 Å². The molecule has 5 nitrogen and oxygen atoms in total. The molecule has 0 unspecified atom stereocenters. The predicted octanol–water partition coefficient (Wildman–Crippen LogP) is 7.00. The number of hydrogen-bond acceptors (Lipinski definition) is 4. The molecule has 2 aromatic rings. The Kier molecular flexibility index (Phi) is 6.07. The summed E-state index contributed by atoms with van der Waals surface area (Å²) >= 11 is 0. The number of nitrogen functional groups attached to an aromatic ring is 1. The molecule has 0 radical (unpaired) electrons. The van der Waals surface area contributed by atoms with Crippen LogP contribution in [0.4, 0.5) is 5.82 Å². The summed E-state index contributed by atoms with van der Waals surface area (Å²) in [4.78, 5) is 8.80. The lowest BCUT2D eigenvalue weighted by atomic mass is 10.2. The van der Waals surface area contributed by atoms with Crippen molar-refractivity contribution < 1.29 is 4.74 Å². The average Bonchev–Trinajstić information content (AvgIpc) is 3.15. The Bertz CT molecular complexity index is 953. The summed E-state index contributed by atoms with van der Waals surface area (Å²) in [5.41, 5.74) is 8.82. The lowest BCUT2D eigenvalue weighted by molar-refractivity contribution is 0.0122. The van der Waals surface area contributed by atoms with E-state index < -0.39 is 16.1 Å². The second kappa shape index (κ2) is 7.70. The normalized spacial score (nSPS) is 23.6. The van der Waals surface area contributed by atoms with E-state index in [2.05, 4.69) is 95.4 Å². The molecule has 3 heterocycles. The van der Waals surface area contributed by atoms with Crippen LogP contribution in [0, 0.1) is 6.92 Å². The van der Waals surface area contributed by atoms with Gasteiger partial charge in [-0.05, 0) is 40.6 Å². The first-order chi connectivity index (χ1) is 14.0. The number of hydrogen-bond donors (Lipinski definition) is 1. The van der Waals surface area contributed by atoms with E-state index in [4.69, 9.17) is 10.5 Å². The number of aryl methyl sites for hydroxylation is 1. The average molecular weight is 461 g/mol. The largest absolute Gasteiger partial charge is 0.383 e. The molecule has 2 N–H and O–H groups in total. The molecule has 0 amide bonds. The third-order valence-electron chi connectivity index (χ3n) is 8.98. The van der Waals surface area contributed by atoms with Gasteiger partial charge in [-0.25, -0.2) is 9.97 Å². The second-order valence-electron chi connectivity index (χ2n) is 13.0. The quantitative estimate of drug-likeness (QED) is 0.499. The SMILES string of the molecule is Cc1cn([C@H]2C[C@H]([Si](C)(C)C(C)(C)C)[C@@H](C[Si](C)(C)C(C)(C)C)O2)c2ncnc(N)c12. The van der Waals surface area contributed by atoms with Crippen molar-refractivity contribution >= 4 is 33.0 Å². The highest BCUT2D eigenvalue weighted by atomic mass is 28.3. The minimum atomic E-state index is -1.61. The first-order valence-corrected chi connectivity index (χ1v) is 18.0. The molecule has 7 heteroatoms. The van der Waals surface area contributed by atoms with Crippen molar-refractivity contribution in [1.82, 2.24) is 14.5 Å². The fraction of sp³-hybridized carbons (Fsp3) is 0.750. The molecule has 3 atom stereocenters. The number of rotatable bonds is 4. The van der Waals surface area contributed by atoms with Crippen LogP contribution in [0.15, 0.2) is 12.5 Å². The van der Waals surface area contributed by atoms with Crippen molar-refractivity contribution in [1.29, 1.82) is 0 Å². The molecule has 3 rings (SSSR count). The molecule has 0 aliphatic carbocycles. The molecule has 174 valence electrons. The second-order valence-corrected chi connectivity index (χ2v) is 24.3. The Balaban J connectivity index is 2.04. The minimum Gasteiger partial charge on any atom is -0.383 e. The molecule has 0 aromatic carbocycles. The number of anilines is 1. The van der Waals surface area contributed by atoms with Crippen LogP contribution in [-0.4, -0.2) is 36.8 Å². The monoisotopic (exact) mass is 460 g/mol. The molecule has 0 spiro atoms. The van der Waals surface area contributed by atoms with E-state index in [9.17, 15) is 0 Å². The van der Waals surface area contributed by atoms with Gasteiger partial charge < -0.3 is 15.0 Å². The summed E-state index contributed by atoms with van der Waals surface area (Å²) in [5, 5.41) is 1.64. The van der Waals surface area contributed by atoms with E-state index in [1.807, 2.05) is 0 Å². The Labute approximate surface area is 191 Å². The lowest BCUT2D eigenvalue weighted by Gasteiger charge is -2.46. The van der Waals surface area contributed by atoms with Crippen molar-refractivity contribution in [2.75, 3.05) is 5.73 Å². The predicted molar refractivity (Wildman–Crippen MR) is 138 cm³/mol. The third kappa shape index (κ3) is 4.25. The molecular formula is C24H44N4OSi2. The van der Waals surface area contributed by atoms with Crippen molar-refractivity contribution in [3.05, 3.63) is 18.1 Å². The van der Waals surface area contributed by atoms with Crippen molar-refractivity contribution in [2.24, 2.45) is 0 Å². The lowest BCUT2D eigenvalue weighted by Crippen LogP contribution is -2.48. The summed E-state index contributed by atoms with van der Waals surface area (Å²) in [7, 11) is -3.11. The highest BCUT2D eigenvalue weighted by molar-refractivity contribution is 6.83. The van der Waals surface area contributed by atoms with Crippen LogP contribution in [0.25, 0.3) is 11.0 Å². The van der Waals surface area contributed by atoms with Crippen LogP contribution in [0.2, 0.25) is 47.8 Å². The summed E-state index contributed by atoms with van der Waals surface area (Å²) in [6, 6.07) is 1.21. The number of aromatic nitrogens is 3. The number of fused-ring (bicyclic) bond motifs is 1. The van der Waals surface area contributed by atoms with Crippen molar-refractivity contribution in [2.45, 2.75) is 115 Å². The molecule has 1 aliphatic rings. The zero-order valence-corrected chi connectivity index (χ0v) is 23.6. The van der Waals surface area contributed by atoms with Crippen LogP contribution >= 0.6 is 0 Å². The fourth-order valence-corrected chi connectivity index (χ4v) is 10.00. The summed E-state index contributed by atoms with van der Waals surface area (Å²) in [6.45, 7) is 26.8. The first-order valence-electron chi connectivity index (χ1n) is 11.7. The van der Waals surface area contributed by atoms with Gasteiger partial charge in [-0.3, -0.25) is 0 Å². The summed E-state index contributed by atoms with van der Waals surface area (Å²) in [5.74, 6) is 0.554. The third-order valence-corrected chi connectivity index (χ3v) is 20.8. The summed E-state index contributed by atoms with van der Waals surface area (Å²) < 4.78 is 9.20. The molecule has 1 aliphatic heterocycles. The topological polar surface area (TPSA) is 66.0 Å². The van der Waals surface area contributed by atoms with Gasteiger partial charge in [0.1, 0.15) is 24.0 Å². The van der Waals surface area contributed by atoms with Gasteiger partial charge in [0.25, 0.3) is 0 Å². The minimum absolute atomic E-state index is 0.0133. The van der Waals surface area contributed by atoms with Gasteiger partial charge >= 0.3 is 0 Å². The Morgan fingerprint density at radius 3 is 2.23 bits per heavy atom. The molecule has 1 saturated heterocycles. The van der Waals surface area contributed by atoms with Gasteiger partial charge in [0.15, 0.2) is 0 Å². The van der Waals surface area contributed by atoms with E-state index >= 15 is 0 Å². The van der Waals surface area contributed by atoms with Gasteiger partial charge in [0.05, 0.1) is 27.6 Å². The molecular weight excluding hydrogens is 416 g/mol. The number of nitrogens with zero attached hydrogens (tertiary/aromatic N) is 3. The Hall–Kier alpha value is -1.19. The number of ether oxygens (including phenoxy) is 1. The summed E-state index contributed by atoms with van der Waals surface area (Å²) in [6.07, 6.45) is 5.12. The standard InChI is InChI=1S/C24H44N4OSi2/c1-16-13-28(22-20(16)21(25)26-15-27-22)19-12-18(31(10,11)24(5,6)7)17(29-19)14-30(8,9)23(2,3)4/h13,15,17-19H,12,14H2,1-11H3,(H2,25,26,27)/t17-,18+,19-/m1/s1. The molecule has 31 heavy (non-hydrogen) atoms. The van der Waals surface area contributed by atoms with E-state index in [0.717, 1.165) is 23.0 Å². The first kappa shape index (κ1) is 24.5. The van der Waals surface area contributed by atoms with Crippen LogP contribution in [-0.2, 0) is 4.74 Å². The Morgan fingerprint density at radius 1 is 1.06 bits per heavy atom. The van der Waals surface area contributed by atoms with E-state index in [1.165, 1.54) is 6.04 Å². The molecule has 0 saturated carbocycles. The van der Waals surface area contributed by atoms with Crippen LogP contribution in [0.3, 0.4) is 0 Å². The Morgan fingerprint density at radius 2 is 1.68 bits per heavy atom. The highest BCUT2D eigenvalue weighted by Crippen LogP contribution is 2.55. The fourth-order valence-electron chi connectivity index (χ4n) is 4.73. The van der Waals surface area contributed by atoms with E-state index in [-0.39, 0.29) is 6.23 Å². The van der Waals surface area contributed by atoms with Crippen LogP contribution < -0.4 is 5.73 Å². The smallest absolute Gasteiger partial charge is 0.147 e. The van der Waals surface area contributed by atoms with Gasteiger partial charge in [0.2, 0.25) is 0 Å². The molecule has 1 fully saturated rings. The maximum absolute atomic E-state index is 6.97.